The van der Waals surface area contributed by atoms with Crippen LogP contribution in [-0.4, -0.2) is 17.0 Å². The average Bonchev–Trinajstić information content (AvgIpc) is 2.82. The molecule has 0 bridgehead atoms. The summed E-state index contributed by atoms with van der Waals surface area (Å²) in [4.78, 5) is 7.60. The molecule has 0 spiro atoms. The molecule has 1 aromatic carbocycles. The van der Waals surface area contributed by atoms with Gasteiger partial charge in [-0.15, -0.1) is 0 Å². The van der Waals surface area contributed by atoms with E-state index in [4.69, 9.17) is 5.14 Å². The summed E-state index contributed by atoms with van der Waals surface area (Å²) in [5.41, 5.74) is 4.11. The zero-order valence-corrected chi connectivity index (χ0v) is 11.8. The van der Waals surface area contributed by atoms with Crippen LogP contribution in [-0.2, 0) is 0 Å². The minimum Gasteiger partial charge on any atom is -0.340 e. The molecule has 0 radical (unpaired) electrons. The topological polar surface area (TPSA) is 42.1 Å². The third-order valence-electron chi connectivity index (χ3n) is 3.03. The van der Waals surface area contributed by atoms with Crippen molar-refractivity contribution in [2.45, 2.75) is 11.3 Å². The van der Waals surface area contributed by atoms with Crippen molar-refractivity contribution in [1.82, 2.24) is 4.98 Å². The maximum atomic E-state index is 6.12. The number of hydrogen-bond acceptors (Lipinski definition) is 3. The first-order valence-corrected chi connectivity index (χ1v) is 7.78. The van der Waals surface area contributed by atoms with E-state index in [-0.39, 0.29) is 10.7 Å². The summed E-state index contributed by atoms with van der Waals surface area (Å²) in [6.07, 6.45) is 2.55. The van der Waals surface area contributed by atoms with Crippen molar-refractivity contribution in [1.29, 1.82) is 0 Å². The highest BCUT2D eigenvalue weighted by atomic mass is 32.2. The lowest BCUT2D eigenvalue weighted by molar-refractivity contribution is 0.994. The monoisotopic (exact) mass is 281 g/mol. The molecular formula is C16H15N3S. The number of anilines is 1. The van der Waals surface area contributed by atoms with Crippen molar-refractivity contribution in [3.63, 3.8) is 0 Å². The minimum atomic E-state index is -0.279. The molecule has 20 heavy (non-hydrogen) atoms. The van der Waals surface area contributed by atoms with Crippen LogP contribution in [0.4, 0.5) is 5.69 Å². The molecule has 0 aliphatic carbocycles. The van der Waals surface area contributed by atoms with E-state index in [0.29, 0.717) is 0 Å². The number of pyridine rings is 1. The molecule has 0 fully saturated rings. The fraction of sp³-hybridized carbons (Fsp3) is 0.125. The van der Waals surface area contributed by atoms with E-state index in [1.165, 1.54) is 10.6 Å². The van der Waals surface area contributed by atoms with Gasteiger partial charge in [0.05, 0.1) is 5.69 Å². The van der Waals surface area contributed by atoms with Crippen LogP contribution < -0.4 is 10.0 Å². The van der Waals surface area contributed by atoms with Crippen molar-refractivity contribution >= 4 is 21.8 Å². The maximum Gasteiger partial charge on any atom is 0.113 e. The number of benzene rings is 1. The molecule has 100 valence electrons. The van der Waals surface area contributed by atoms with Gasteiger partial charge in [-0.25, -0.2) is 4.98 Å². The fourth-order valence-corrected chi connectivity index (χ4v) is 3.35. The van der Waals surface area contributed by atoms with Gasteiger partial charge >= 0.3 is 0 Å². The van der Waals surface area contributed by atoms with E-state index in [9.17, 15) is 0 Å². The third kappa shape index (κ3) is 2.74. The number of nitrogens with two attached hydrogens (primary N) is 1. The summed E-state index contributed by atoms with van der Waals surface area (Å²) in [7, 11) is -0.279. The Morgan fingerprint density at radius 2 is 2.00 bits per heavy atom. The first-order valence-electron chi connectivity index (χ1n) is 6.42. The largest absolute Gasteiger partial charge is 0.340 e. The second-order valence-corrected chi connectivity index (χ2v) is 5.80. The van der Waals surface area contributed by atoms with Gasteiger partial charge in [0.2, 0.25) is 0 Å². The van der Waals surface area contributed by atoms with Crippen LogP contribution in [0.5, 0.6) is 0 Å². The lowest BCUT2D eigenvalue weighted by Gasteiger charge is -2.14. The lowest BCUT2D eigenvalue weighted by Crippen LogP contribution is -2.19. The van der Waals surface area contributed by atoms with Crippen LogP contribution >= 0.6 is 10.7 Å². The first kappa shape index (κ1) is 12.9. The van der Waals surface area contributed by atoms with E-state index in [1.807, 2.05) is 30.3 Å². The van der Waals surface area contributed by atoms with Gasteiger partial charge < -0.3 is 4.90 Å². The third-order valence-corrected chi connectivity index (χ3v) is 4.36. The second-order valence-electron chi connectivity index (χ2n) is 4.41. The lowest BCUT2D eigenvalue weighted by atomic mass is 10.3. The predicted octanol–water partition coefficient (Wildman–Crippen LogP) is 2.60. The van der Waals surface area contributed by atoms with Crippen LogP contribution in [0.15, 0.2) is 53.6 Å². The smallest absolute Gasteiger partial charge is 0.113 e. The molecule has 3 rings (SSSR count). The average molecular weight is 281 g/mol. The number of aromatic nitrogens is 1. The molecule has 1 aliphatic rings. The van der Waals surface area contributed by atoms with Gasteiger partial charge in [-0.2, -0.15) is 0 Å². The number of hydrogen-bond donors (Lipinski definition) is 1. The van der Waals surface area contributed by atoms with Crippen LogP contribution in [0.3, 0.4) is 0 Å². The predicted molar refractivity (Wildman–Crippen MR) is 85.6 cm³/mol. The summed E-state index contributed by atoms with van der Waals surface area (Å²) < 4.78 is 0. The molecule has 4 heteroatoms. The van der Waals surface area contributed by atoms with E-state index in [2.05, 4.69) is 39.3 Å². The van der Waals surface area contributed by atoms with Gasteiger partial charge in [0.1, 0.15) is 5.69 Å². The number of rotatable bonds is 2. The van der Waals surface area contributed by atoms with Gasteiger partial charge in [-0.05, 0) is 30.2 Å². The van der Waals surface area contributed by atoms with E-state index in [1.54, 1.807) is 6.20 Å². The van der Waals surface area contributed by atoms with Crippen LogP contribution in [0.25, 0.3) is 0 Å². The standard InChI is InChI=1S/C16H15N3S/c17-20-13-19(15-9-1-2-10-16(15)20)12-6-4-8-14-7-3-5-11-18-14/h1-3,5,7,9-11,13H,6,12,17H2. The van der Waals surface area contributed by atoms with Crippen molar-refractivity contribution in [2.24, 2.45) is 5.14 Å². The summed E-state index contributed by atoms with van der Waals surface area (Å²) in [5, 5.41) is 6.12. The summed E-state index contributed by atoms with van der Waals surface area (Å²) in [6.45, 7) is 0.859. The van der Waals surface area contributed by atoms with Crippen molar-refractivity contribution in [3.8, 4) is 11.8 Å². The fourth-order valence-electron chi connectivity index (χ4n) is 2.08. The van der Waals surface area contributed by atoms with Gasteiger partial charge in [-0.3, -0.25) is 5.14 Å². The molecule has 1 atom stereocenters. The molecule has 3 nitrogen and oxygen atoms in total. The highest BCUT2D eigenvalue weighted by Gasteiger charge is 2.16. The molecule has 2 aromatic rings. The summed E-state index contributed by atoms with van der Waals surface area (Å²) in [6, 6.07) is 14.0. The van der Waals surface area contributed by atoms with Gasteiger partial charge in [0.25, 0.3) is 0 Å². The quantitative estimate of drug-likeness (QED) is 0.679. The number of para-hydroxylation sites is 1. The van der Waals surface area contributed by atoms with Crippen LogP contribution in [0.2, 0.25) is 0 Å². The SMILES string of the molecule is NS1=CN(CCC#Cc2ccccn2)c2ccccc21. The van der Waals surface area contributed by atoms with Crippen LogP contribution in [0, 0.1) is 11.8 Å². The molecular weight excluding hydrogens is 266 g/mol. The highest BCUT2D eigenvalue weighted by molar-refractivity contribution is 8.13. The van der Waals surface area contributed by atoms with Crippen molar-refractivity contribution < 1.29 is 0 Å². The van der Waals surface area contributed by atoms with Gasteiger partial charge in [-0.1, -0.05) is 34.8 Å². The zero-order chi connectivity index (χ0) is 13.8. The molecule has 1 aromatic heterocycles. The van der Waals surface area contributed by atoms with Gasteiger partial charge in [0.15, 0.2) is 0 Å². The second kappa shape index (κ2) is 5.91. The van der Waals surface area contributed by atoms with E-state index >= 15 is 0 Å². The summed E-state index contributed by atoms with van der Waals surface area (Å²) in [5.74, 6) is 6.24. The Bertz CT molecular complexity index is 698. The molecule has 1 aliphatic heterocycles. The molecule has 0 saturated heterocycles. The van der Waals surface area contributed by atoms with E-state index < -0.39 is 0 Å². The number of fused-ring (bicyclic) bond motifs is 1. The number of nitrogens with zero attached hydrogens (tertiary/aromatic N) is 2. The highest BCUT2D eigenvalue weighted by Crippen LogP contribution is 2.36. The molecule has 2 heterocycles. The van der Waals surface area contributed by atoms with E-state index in [0.717, 1.165) is 18.7 Å². The van der Waals surface area contributed by atoms with Crippen molar-refractivity contribution in [3.05, 3.63) is 54.4 Å². The summed E-state index contributed by atoms with van der Waals surface area (Å²) >= 11 is 0. The Morgan fingerprint density at radius 1 is 1.15 bits per heavy atom. The first-order chi connectivity index (χ1) is 9.84. The molecule has 0 amide bonds. The van der Waals surface area contributed by atoms with Gasteiger partial charge in [0, 0.05) is 29.5 Å². The van der Waals surface area contributed by atoms with Crippen molar-refractivity contribution in [2.75, 3.05) is 11.4 Å². The maximum absolute atomic E-state index is 6.12. The Balaban J connectivity index is 1.65. The normalized spacial score (nSPS) is 16.1. The Kier molecular flexibility index (Phi) is 3.82. The van der Waals surface area contributed by atoms with Crippen LogP contribution in [0.1, 0.15) is 12.1 Å². The zero-order valence-electron chi connectivity index (χ0n) is 11.0. The molecule has 1 unspecified atom stereocenters. The molecule has 0 saturated carbocycles. The molecule has 2 N–H and O–H groups in total. The Hall–Kier alpha value is -2.09. The Labute approximate surface area is 121 Å². The Morgan fingerprint density at radius 3 is 2.85 bits per heavy atom. The minimum absolute atomic E-state index is 0.279.